The minimum absolute atomic E-state index is 0.432. The Morgan fingerprint density at radius 3 is 2.81 bits per heavy atom. The van der Waals surface area contributed by atoms with Gasteiger partial charge in [0.25, 0.3) is 0 Å². The van der Waals surface area contributed by atoms with Gasteiger partial charge in [-0.25, -0.2) is 9.78 Å². The molecule has 1 heterocycles. The summed E-state index contributed by atoms with van der Waals surface area (Å²) in [5.74, 6) is -0.755. The van der Waals surface area contributed by atoms with Crippen molar-refractivity contribution >= 4 is 5.97 Å². The van der Waals surface area contributed by atoms with Gasteiger partial charge in [-0.1, -0.05) is 0 Å². The van der Waals surface area contributed by atoms with Crippen LogP contribution in [0.1, 0.15) is 18.4 Å². The molecule has 1 saturated carbocycles. The Morgan fingerprint density at radius 1 is 1.62 bits per heavy atom. The molecule has 0 spiro atoms. The fraction of sp³-hybridized carbons (Fsp3) is 0.455. The van der Waals surface area contributed by atoms with Crippen LogP contribution in [0, 0.1) is 0 Å². The molecule has 0 bridgehead atoms. The number of aromatic nitrogens is 1. The molecule has 16 heavy (non-hydrogen) atoms. The number of hydrogen-bond donors (Lipinski definition) is 2. The molecule has 0 saturated heterocycles. The number of nitrogens with zero attached hydrogens (tertiary/aromatic N) is 1. The summed E-state index contributed by atoms with van der Waals surface area (Å²) in [4.78, 5) is 14.8. The third-order valence-electron chi connectivity index (χ3n) is 3.06. The van der Waals surface area contributed by atoms with Crippen molar-refractivity contribution in [1.29, 1.82) is 0 Å². The van der Waals surface area contributed by atoms with Crippen LogP contribution in [0.25, 0.3) is 0 Å². The molecule has 1 atom stereocenters. The maximum Gasteiger partial charge on any atom is 0.333 e. The third-order valence-corrected chi connectivity index (χ3v) is 3.06. The zero-order valence-electron chi connectivity index (χ0n) is 8.88. The second-order valence-electron chi connectivity index (χ2n) is 3.98. The predicted octanol–water partition coefficient (Wildman–Crippen LogP) is 0.567. The van der Waals surface area contributed by atoms with Crippen molar-refractivity contribution in [1.82, 2.24) is 4.98 Å². The number of aliphatic carboxylic acids is 1. The van der Waals surface area contributed by atoms with Crippen molar-refractivity contribution in [2.45, 2.75) is 24.4 Å². The number of carboxylic acid groups (broad SMARTS) is 1. The molecular formula is C11H13NO4. The molecule has 1 aromatic heterocycles. The molecule has 2 N–H and O–H groups in total. The molecule has 2 rings (SSSR count). The molecule has 5 heteroatoms. The average molecular weight is 223 g/mol. The van der Waals surface area contributed by atoms with Gasteiger partial charge >= 0.3 is 5.97 Å². The molecule has 0 radical (unpaired) electrons. The van der Waals surface area contributed by atoms with Crippen molar-refractivity contribution in [3.8, 4) is 5.88 Å². The van der Waals surface area contributed by atoms with Gasteiger partial charge in [0.2, 0.25) is 5.88 Å². The van der Waals surface area contributed by atoms with E-state index in [0.29, 0.717) is 18.7 Å². The summed E-state index contributed by atoms with van der Waals surface area (Å²) in [7, 11) is 1.50. The molecular weight excluding hydrogens is 210 g/mol. The van der Waals surface area contributed by atoms with E-state index in [0.717, 1.165) is 5.56 Å². The van der Waals surface area contributed by atoms with E-state index in [1.54, 1.807) is 18.3 Å². The van der Waals surface area contributed by atoms with Crippen LogP contribution in [0.4, 0.5) is 0 Å². The average Bonchev–Trinajstić information content (AvgIpc) is 3.09. The first-order valence-corrected chi connectivity index (χ1v) is 5.01. The fourth-order valence-corrected chi connectivity index (χ4v) is 1.92. The number of rotatable bonds is 4. The highest BCUT2D eigenvalue weighted by atomic mass is 16.5. The number of methoxy groups -OCH3 is 1. The maximum absolute atomic E-state index is 10.8. The van der Waals surface area contributed by atoms with Gasteiger partial charge in [0.1, 0.15) is 0 Å². The van der Waals surface area contributed by atoms with E-state index in [2.05, 4.69) is 4.98 Å². The molecule has 5 nitrogen and oxygen atoms in total. The van der Waals surface area contributed by atoms with Crippen molar-refractivity contribution < 1.29 is 19.7 Å². The minimum atomic E-state index is -1.36. The molecule has 0 aliphatic heterocycles. The molecule has 0 aromatic carbocycles. The first kappa shape index (κ1) is 10.9. The van der Waals surface area contributed by atoms with E-state index in [-0.39, 0.29) is 0 Å². The summed E-state index contributed by atoms with van der Waals surface area (Å²) in [6.45, 7) is 0. The molecule has 0 amide bonds. The zero-order chi connectivity index (χ0) is 11.8. The summed E-state index contributed by atoms with van der Waals surface area (Å²) >= 11 is 0. The number of hydrogen-bond acceptors (Lipinski definition) is 4. The number of ether oxygens (including phenoxy) is 1. The molecule has 1 unspecified atom stereocenters. The molecule has 1 fully saturated rings. The van der Waals surface area contributed by atoms with Crippen LogP contribution in [-0.4, -0.2) is 34.4 Å². The Balaban J connectivity index is 2.32. The van der Waals surface area contributed by atoms with Crippen molar-refractivity contribution in [2.24, 2.45) is 0 Å². The van der Waals surface area contributed by atoms with Crippen LogP contribution in [-0.2, 0) is 10.2 Å². The third kappa shape index (κ3) is 1.63. The first-order valence-electron chi connectivity index (χ1n) is 5.01. The highest BCUT2D eigenvalue weighted by Crippen LogP contribution is 2.51. The van der Waals surface area contributed by atoms with Crippen molar-refractivity contribution in [3.05, 3.63) is 23.9 Å². The normalized spacial score (nSPS) is 18.9. The summed E-state index contributed by atoms with van der Waals surface area (Å²) < 4.78 is 4.98. The van der Waals surface area contributed by atoms with Gasteiger partial charge in [-0.05, 0) is 24.5 Å². The topological polar surface area (TPSA) is 79.7 Å². The van der Waals surface area contributed by atoms with Crippen LogP contribution in [0.3, 0.4) is 0 Å². The highest BCUT2D eigenvalue weighted by molar-refractivity contribution is 5.75. The Labute approximate surface area is 92.7 Å². The lowest BCUT2D eigenvalue weighted by Gasteiger charge is -2.19. The van der Waals surface area contributed by atoms with Crippen molar-refractivity contribution in [2.75, 3.05) is 7.11 Å². The number of carboxylic acids is 1. The van der Waals surface area contributed by atoms with E-state index in [4.69, 9.17) is 9.84 Å². The minimum Gasteiger partial charge on any atom is -0.481 e. The lowest BCUT2D eigenvalue weighted by atomic mass is 9.90. The second-order valence-corrected chi connectivity index (χ2v) is 3.98. The highest BCUT2D eigenvalue weighted by Gasteiger charge is 2.53. The Kier molecular flexibility index (Phi) is 2.55. The first-order chi connectivity index (χ1) is 7.60. The van der Waals surface area contributed by atoms with E-state index in [1.165, 1.54) is 7.11 Å². The molecule has 1 aliphatic rings. The van der Waals surface area contributed by atoms with Crippen LogP contribution in [0.15, 0.2) is 18.3 Å². The SMILES string of the molecule is COc1cc(C2(C(O)C(=O)O)CC2)ccn1. The second kappa shape index (κ2) is 3.75. The van der Waals surface area contributed by atoms with Gasteiger partial charge in [0, 0.05) is 17.7 Å². The van der Waals surface area contributed by atoms with Gasteiger partial charge in [-0.2, -0.15) is 0 Å². The fourth-order valence-electron chi connectivity index (χ4n) is 1.92. The molecule has 1 aromatic rings. The zero-order valence-corrected chi connectivity index (χ0v) is 8.88. The lowest BCUT2D eigenvalue weighted by Crippen LogP contribution is -2.33. The summed E-state index contributed by atoms with van der Waals surface area (Å²) in [6.07, 6.45) is 1.55. The number of carbonyl (C=O) groups is 1. The van der Waals surface area contributed by atoms with Crippen LogP contribution in [0.5, 0.6) is 5.88 Å². The van der Waals surface area contributed by atoms with Gasteiger partial charge in [-0.15, -0.1) is 0 Å². The predicted molar refractivity (Wildman–Crippen MR) is 55.3 cm³/mol. The maximum atomic E-state index is 10.8. The summed E-state index contributed by atoms with van der Waals surface area (Å²) in [6, 6.07) is 3.40. The van der Waals surface area contributed by atoms with E-state index < -0.39 is 17.5 Å². The molecule has 86 valence electrons. The van der Waals surface area contributed by atoms with E-state index >= 15 is 0 Å². The number of aliphatic hydroxyl groups is 1. The number of aliphatic hydroxyl groups excluding tert-OH is 1. The molecule has 1 aliphatic carbocycles. The van der Waals surface area contributed by atoms with Gasteiger partial charge in [-0.3, -0.25) is 0 Å². The smallest absolute Gasteiger partial charge is 0.333 e. The van der Waals surface area contributed by atoms with Gasteiger partial charge < -0.3 is 14.9 Å². The Hall–Kier alpha value is -1.62. The Morgan fingerprint density at radius 2 is 2.31 bits per heavy atom. The lowest BCUT2D eigenvalue weighted by molar-refractivity contribution is -0.148. The standard InChI is InChI=1S/C11H13NO4/c1-16-8-6-7(2-5-12-8)11(3-4-11)9(13)10(14)15/h2,5-6,9,13H,3-4H2,1H3,(H,14,15). The van der Waals surface area contributed by atoms with Crippen LogP contribution < -0.4 is 4.74 Å². The summed E-state index contributed by atoms with van der Waals surface area (Å²) in [5.41, 5.74) is 0.122. The van der Waals surface area contributed by atoms with Crippen LogP contribution >= 0.6 is 0 Å². The summed E-state index contributed by atoms with van der Waals surface area (Å²) in [5, 5.41) is 18.5. The monoisotopic (exact) mass is 223 g/mol. The quantitative estimate of drug-likeness (QED) is 0.780. The number of pyridine rings is 1. The van der Waals surface area contributed by atoms with Gasteiger partial charge in [0.05, 0.1) is 7.11 Å². The van der Waals surface area contributed by atoms with E-state index in [9.17, 15) is 9.90 Å². The van der Waals surface area contributed by atoms with Crippen LogP contribution in [0.2, 0.25) is 0 Å². The van der Waals surface area contributed by atoms with E-state index in [1.807, 2.05) is 0 Å². The van der Waals surface area contributed by atoms with Gasteiger partial charge in [0.15, 0.2) is 6.10 Å². The van der Waals surface area contributed by atoms with Crippen molar-refractivity contribution in [3.63, 3.8) is 0 Å². The Bertz CT molecular complexity index is 414. The largest absolute Gasteiger partial charge is 0.481 e.